The van der Waals surface area contributed by atoms with Crippen LogP contribution in [0.2, 0.25) is 0 Å². The summed E-state index contributed by atoms with van der Waals surface area (Å²) in [6, 6.07) is 3.89. The van der Waals surface area contributed by atoms with Gasteiger partial charge in [-0.05, 0) is 18.6 Å². The molecule has 5 nitrogen and oxygen atoms in total. The lowest BCUT2D eigenvalue weighted by Gasteiger charge is -2.13. The Morgan fingerprint density at radius 2 is 2.00 bits per heavy atom. The fourth-order valence-electron chi connectivity index (χ4n) is 1.94. The van der Waals surface area contributed by atoms with Gasteiger partial charge in [0.2, 0.25) is 0 Å². The molecule has 1 N–H and O–H groups in total. The molecule has 0 saturated carbocycles. The maximum absolute atomic E-state index is 5.31. The lowest BCUT2D eigenvalue weighted by atomic mass is 10.1. The molecule has 0 bridgehead atoms. The van der Waals surface area contributed by atoms with Gasteiger partial charge >= 0.3 is 0 Å². The van der Waals surface area contributed by atoms with Crippen molar-refractivity contribution < 1.29 is 9.47 Å². The molecule has 0 atom stereocenters. The van der Waals surface area contributed by atoms with Gasteiger partial charge in [-0.15, -0.1) is 0 Å². The minimum absolute atomic E-state index is 0.685. The molecule has 1 aromatic heterocycles. The summed E-state index contributed by atoms with van der Waals surface area (Å²) >= 11 is 0. The first kappa shape index (κ1) is 14.0. The molecule has 1 aromatic carbocycles. The van der Waals surface area contributed by atoms with E-state index in [1.165, 1.54) is 0 Å². The van der Waals surface area contributed by atoms with Crippen molar-refractivity contribution in [2.24, 2.45) is 0 Å². The van der Waals surface area contributed by atoms with E-state index in [2.05, 4.69) is 17.0 Å². The normalized spacial score (nSPS) is 10.2. The number of rotatable bonds is 6. The highest BCUT2D eigenvalue weighted by atomic mass is 16.5. The monoisotopic (exact) mass is 273 g/mol. The predicted octanol–water partition coefficient (Wildman–Crippen LogP) is 2.92. The molecule has 0 spiro atoms. The van der Waals surface area contributed by atoms with Crippen molar-refractivity contribution in [3.8, 4) is 11.5 Å². The van der Waals surface area contributed by atoms with E-state index in [0.29, 0.717) is 12.3 Å². The second-order valence-corrected chi connectivity index (χ2v) is 4.39. The van der Waals surface area contributed by atoms with Crippen LogP contribution >= 0.6 is 0 Å². The molecule has 0 aliphatic rings. The molecule has 0 unspecified atom stereocenters. The first-order chi connectivity index (χ1) is 9.67. The molecule has 2 aromatic rings. The van der Waals surface area contributed by atoms with Crippen LogP contribution in [0.3, 0.4) is 0 Å². The van der Waals surface area contributed by atoms with E-state index in [0.717, 1.165) is 22.6 Å². The fourth-order valence-corrected chi connectivity index (χ4v) is 1.94. The van der Waals surface area contributed by atoms with Crippen LogP contribution in [0.4, 0.5) is 5.69 Å². The van der Waals surface area contributed by atoms with Crippen molar-refractivity contribution in [2.45, 2.75) is 13.5 Å². The van der Waals surface area contributed by atoms with Crippen molar-refractivity contribution in [3.05, 3.63) is 42.2 Å². The van der Waals surface area contributed by atoms with Gasteiger partial charge in [0.15, 0.2) is 11.5 Å². The molecular formula is C15H19N3O2. The summed E-state index contributed by atoms with van der Waals surface area (Å²) in [6.45, 7) is 6.38. The van der Waals surface area contributed by atoms with Gasteiger partial charge in [0.05, 0.1) is 20.4 Å². The van der Waals surface area contributed by atoms with Crippen molar-refractivity contribution >= 4 is 11.9 Å². The molecule has 0 fully saturated rings. The van der Waals surface area contributed by atoms with Gasteiger partial charge < -0.3 is 14.8 Å². The molecule has 20 heavy (non-hydrogen) atoms. The molecular weight excluding hydrogens is 254 g/mol. The number of methoxy groups -OCH3 is 2. The van der Waals surface area contributed by atoms with Gasteiger partial charge in [0.1, 0.15) is 0 Å². The Hall–Kier alpha value is -2.43. The molecule has 0 aliphatic carbocycles. The Morgan fingerprint density at radius 1 is 1.30 bits per heavy atom. The number of anilines is 1. The molecule has 1 heterocycles. The Labute approximate surface area is 118 Å². The topological polar surface area (TPSA) is 48.3 Å². The van der Waals surface area contributed by atoms with E-state index >= 15 is 0 Å². The SMILES string of the molecule is C=Cn1cc(CNc2cc(OC)c(OC)cc2C)cn1. The Bertz CT molecular complexity index is 605. The lowest BCUT2D eigenvalue weighted by molar-refractivity contribution is 0.355. The van der Waals surface area contributed by atoms with Gasteiger partial charge in [-0.25, -0.2) is 4.68 Å². The average molecular weight is 273 g/mol. The standard InChI is InChI=1S/C15H19N3O2/c1-5-18-10-12(9-17-18)8-16-13-7-15(20-4)14(19-3)6-11(13)2/h5-7,9-10,16H,1,8H2,2-4H3. The van der Waals surface area contributed by atoms with Crippen LogP contribution in [-0.2, 0) is 6.54 Å². The number of nitrogens with zero attached hydrogens (tertiary/aromatic N) is 2. The number of aryl methyl sites for hydroxylation is 1. The third-order valence-electron chi connectivity index (χ3n) is 3.06. The van der Waals surface area contributed by atoms with Gasteiger partial charge in [-0.3, -0.25) is 0 Å². The highest BCUT2D eigenvalue weighted by molar-refractivity contribution is 5.60. The maximum atomic E-state index is 5.31. The highest BCUT2D eigenvalue weighted by Gasteiger charge is 2.08. The lowest BCUT2D eigenvalue weighted by Crippen LogP contribution is -2.01. The molecule has 2 rings (SSSR count). The summed E-state index contributed by atoms with van der Waals surface area (Å²) in [7, 11) is 3.26. The minimum atomic E-state index is 0.685. The quantitative estimate of drug-likeness (QED) is 0.879. The first-order valence-corrected chi connectivity index (χ1v) is 6.30. The summed E-state index contributed by atoms with van der Waals surface area (Å²) in [5.74, 6) is 1.44. The Morgan fingerprint density at radius 3 is 2.60 bits per heavy atom. The predicted molar refractivity (Wildman–Crippen MR) is 80.2 cm³/mol. The summed E-state index contributed by atoms with van der Waals surface area (Å²) in [4.78, 5) is 0. The van der Waals surface area contributed by atoms with Crippen LogP contribution in [0.25, 0.3) is 6.20 Å². The number of hydrogen-bond acceptors (Lipinski definition) is 4. The van der Waals surface area contributed by atoms with Gasteiger partial charge in [-0.2, -0.15) is 5.10 Å². The average Bonchev–Trinajstić information content (AvgIpc) is 2.93. The van der Waals surface area contributed by atoms with Crippen LogP contribution in [-0.4, -0.2) is 24.0 Å². The van der Waals surface area contributed by atoms with Crippen molar-refractivity contribution in [3.63, 3.8) is 0 Å². The Balaban J connectivity index is 2.14. The van der Waals surface area contributed by atoms with Crippen molar-refractivity contribution in [1.29, 1.82) is 0 Å². The highest BCUT2D eigenvalue weighted by Crippen LogP contribution is 2.33. The van der Waals surface area contributed by atoms with E-state index in [4.69, 9.17) is 9.47 Å². The Kier molecular flexibility index (Phi) is 4.30. The molecule has 0 amide bonds. The second kappa shape index (κ2) is 6.14. The smallest absolute Gasteiger partial charge is 0.162 e. The summed E-state index contributed by atoms with van der Waals surface area (Å²) in [5.41, 5.74) is 3.19. The number of hydrogen-bond donors (Lipinski definition) is 1. The van der Waals surface area contributed by atoms with Crippen molar-refractivity contribution in [1.82, 2.24) is 9.78 Å². The molecule has 0 radical (unpaired) electrons. The molecule has 0 saturated heterocycles. The van der Waals surface area contributed by atoms with E-state index in [-0.39, 0.29) is 0 Å². The molecule has 5 heteroatoms. The maximum Gasteiger partial charge on any atom is 0.162 e. The van der Waals surface area contributed by atoms with Gasteiger partial charge in [0.25, 0.3) is 0 Å². The van der Waals surface area contributed by atoms with E-state index in [1.807, 2.05) is 31.5 Å². The summed E-state index contributed by atoms with van der Waals surface area (Å²) in [5, 5.41) is 7.51. The largest absolute Gasteiger partial charge is 0.493 e. The zero-order valence-corrected chi connectivity index (χ0v) is 12.0. The van der Waals surface area contributed by atoms with Crippen LogP contribution in [0.5, 0.6) is 11.5 Å². The fraction of sp³-hybridized carbons (Fsp3) is 0.267. The molecule has 0 aliphatic heterocycles. The van der Waals surface area contributed by atoms with E-state index < -0.39 is 0 Å². The van der Waals surface area contributed by atoms with E-state index in [1.54, 1.807) is 25.1 Å². The third kappa shape index (κ3) is 2.93. The van der Waals surface area contributed by atoms with E-state index in [9.17, 15) is 0 Å². The van der Waals surface area contributed by atoms with Crippen LogP contribution in [0.1, 0.15) is 11.1 Å². The minimum Gasteiger partial charge on any atom is -0.493 e. The first-order valence-electron chi connectivity index (χ1n) is 6.30. The zero-order chi connectivity index (χ0) is 14.5. The van der Waals surface area contributed by atoms with Crippen LogP contribution in [0, 0.1) is 6.92 Å². The number of aromatic nitrogens is 2. The number of nitrogens with one attached hydrogen (secondary N) is 1. The van der Waals surface area contributed by atoms with Gasteiger partial charge in [0, 0.05) is 36.3 Å². The summed E-state index contributed by atoms with van der Waals surface area (Å²) in [6.07, 6.45) is 5.39. The number of benzene rings is 1. The molecule has 106 valence electrons. The second-order valence-electron chi connectivity index (χ2n) is 4.39. The van der Waals surface area contributed by atoms with Crippen LogP contribution < -0.4 is 14.8 Å². The van der Waals surface area contributed by atoms with Gasteiger partial charge in [-0.1, -0.05) is 6.58 Å². The van der Waals surface area contributed by atoms with Crippen LogP contribution in [0.15, 0.2) is 31.1 Å². The third-order valence-corrected chi connectivity index (χ3v) is 3.06. The number of ether oxygens (including phenoxy) is 2. The summed E-state index contributed by atoms with van der Waals surface area (Å²) < 4.78 is 12.3. The zero-order valence-electron chi connectivity index (χ0n) is 12.0. The van der Waals surface area contributed by atoms with Crippen molar-refractivity contribution in [2.75, 3.05) is 19.5 Å².